The van der Waals surface area contributed by atoms with E-state index < -0.39 is 21.7 Å². The van der Waals surface area contributed by atoms with Crippen molar-refractivity contribution in [3.05, 3.63) is 59.7 Å². The van der Waals surface area contributed by atoms with Crippen molar-refractivity contribution in [1.29, 1.82) is 0 Å². The Kier molecular flexibility index (Phi) is 4.95. The summed E-state index contributed by atoms with van der Waals surface area (Å²) in [6.45, 7) is 0. The lowest BCUT2D eigenvalue weighted by molar-refractivity contribution is 0.583. The van der Waals surface area contributed by atoms with Crippen molar-refractivity contribution in [2.24, 2.45) is 0 Å². The van der Waals surface area contributed by atoms with E-state index in [1.54, 1.807) is 12.1 Å². The van der Waals surface area contributed by atoms with E-state index in [1.807, 2.05) is 0 Å². The van der Waals surface area contributed by atoms with Gasteiger partial charge in [-0.05, 0) is 36.2 Å². The number of benzene rings is 2. The van der Waals surface area contributed by atoms with Crippen LogP contribution in [0.3, 0.4) is 0 Å². The SMILES string of the molecule is O=S(=O)(Nc1ccc(F)cc1F)c1ccc(CCBr)cc1. The van der Waals surface area contributed by atoms with Crippen molar-refractivity contribution in [3.63, 3.8) is 0 Å². The van der Waals surface area contributed by atoms with Gasteiger partial charge in [0, 0.05) is 11.4 Å². The summed E-state index contributed by atoms with van der Waals surface area (Å²) in [5.41, 5.74) is 0.694. The Hall–Kier alpha value is -1.47. The Balaban J connectivity index is 2.25. The molecule has 0 aliphatic carbocycles. The van der Waals surface area contributed by atoms with Gasteiger partial charge < -0.3 is 0 Å². The van der Waals surface area contributed by atoms with Crippen LogP contribution in [0.4, 0.5) is 14.5 Å². The quantitative estimate of drug-likeness (QED) is 0.809. The number of hydrogen-bond donors (Lipinski definition) is 1. The minimum atomic E-state index is -3.90. The first-order valence-electron chi connectivity index (χ1n) is 6.05. The molecule has 0 radical (unpaired) electrons. The minimum absolute atomic E-state index is 0.0181. The zero-order valence-corrected chi connectivity index (χ0v) is 13.2. The van der Waals surface area contributed by atoms with Gasteiger partial charge in [-0.2, -0.15) is 0 Å². The maximum atomic E-state index is 13.5. The molecule has 0 spiro atoms. The average molecular weight is 376 g/mol. The molecule has 1 N–H and O–H groups in total. The highest BCUT2D eigenvalue weighted by Crippen LogP contribution is 2.20. The normalized spacial score (nSPS) is 11.4. The molecular formula is C14H12BrF2NO2S. The Morgan fingerprint density at radius 2 is 1.71 bits per heavy atom. The number of rotatable bonds is 5. The smallest absolute Gasteiger partial charge is 0.261 e. The first kappa shape index (κ1) is 15.9. The first-order chi connectivity index (χ1) is 9.92. The molecule has 0 atom stereocenters. The fourth-order valence-corrected chi connectivity index (χ4v) is 3.25. The molecule has 0 amide bonds. The van der Waals surface area contributed by atoms with Gasteiger partial charge in [0.15, 0.2) is 0 Å². The van der Waals surface area contributed by atoms with Crippen molar-refractivity contribution in [3.8, 4) is 0 Å². The number of sulfonamides is 1. The van der Waals surface area contributed by atoms with Crippen molar-refractivity contribution in [2.45, 2.75) is 11.3 Å². The lowest BCUT2D eigenvalue weighted by Crippen LogP contribution is -2.14. The maximum absolute atomic E-state index is 13.5. The number of halogens is 3. The van der Waals surface area contributed by atoms with Gasteiger partial charge in [0.1, 0.15) is 11.6 Å². The molecule has 0 saturated carbocycles. The van der Waals surface area contributed by atoms with Gasteiger partial charge in [0.2, 0.25) is 0 Å². The lowest BCUT2D eigenvalue weighted by Gasteiger charge is -2.09. The predicted octanol–water partition coefficient (Wildman–Crippen LogP) is 3.70. The van der Waals surface area contributed by atoms with Gasteiger partial charge in [0.05, 0.1) is 10.6 Å². The summed E-state index contributed by atoms with van der Waals surface area (Å²) in [4.78, 5) is 0.0181. The highest BCUT2D eigenvalue weighted by Gasteiger charge is 2.16. The molecule has 0 unspecified atom stereocenters. The third-order valence-electron chi connectivity index (χ3n) is 2.79. The molecule has 7 heteroatoms. The predicted molar refractivity (Wildman–Crippen MR) is 81.1 cm³/mol. The second-order valence-electron chi connectivity index (χ2n) is 4.31. The van der Waals surface area contributed by atoms with E-state index in [0.717, 1.165) is 29.4 Å². The van der Waals surface area contributed by atoms with E-state index in [2.05, 4.69) is 20.7 Å². The molecule has 21 heavy (non-hydrogen) atoms. The summed E-state index contributed by atoms with van der Waals surface area (Å²) < 4.78 is 52.6. The van der Waals surface area contributed by atoms with E-state index in [1.165, 1.54) is 12.1 Å². The summed E-state index contributed by atoms with van der Waals surface area (Å²) in [6.07, 6.45) is 0.778. The summed E-state index contributed by atoms with van der Waals surface area (Å²) in [5.74, 6) is -1.73. The molecule has 2 aromatic rings. The Bertz CT molecular complexity index is 733. The second kappa shape index (κ2) is 6.53. The topological polar surface area (TPSA) is 46.2 Å². The van der Waals surface area contributed by atoms with Crippen molar-refractivity contribution < 1.29 is 17.2 Å². The van der Waals surface area contributed by atoms with Crippen LogP contribution in [-0.4, -0.2) is 13.7 Å². The van der Waals surface area contributed by atoms with E-state index in [0.29, 0.717) is 6.07 Å². The van der Waals surface area contributed by atoms with Crippen molar-refractivity contribution >= 4 is 31.6 Å². The Labute approximate surface area is 130 Å². The average Bonchev–Trinajstić information content (AvgIpc) is 2.43. The number of aryl methyl sites for hydroxylation is 1. The number of alkyl halides is 1. The third-order valence-corrected chi connectivity index (χ3v) is 4.57. The molecule has 0 heterocycles. The largest absolute Gasteiger partial charge is 0.277 e. The maximum Gasteiger partial charge on any atom is 0.261 e. The molecule has 2 aromatic carbocycles. The van der Waals surface area contributed by atoms with E-state index in [4.69, 9.17) is 0 Å². The Morgan fingerprint density at radius 1 is 1.05 bits per heavy atom. The number of hydrogen-bond acceptors (Lipinski definition) is 2. The van der Waals surface area contributed by atoms with Crippen LogP contribution in [0, 0.1) is 11.6 Å². The van der Waals surface area contributed by atoms with Gasteiger partial charge in [-0.3, -0.25) is 4.72 Å². The van der Waals surface area contributed by atoms with Crippen molar-refractivity contribution in [2.75, 3.05) is 10.1 Å². The summed E-state index contributed by atoms with van der Waals surface area (Å²) in [5, 5.41) is 0.776. The van der Waals surface area contributed by atoms with Crippen LogP contribution in [0.1, 0.15) is 5.56 Å². The molecule has 0 aliphatic heterocycles. The highest BCUT2D eigenvalue weighted by atomic mass is 79.9. The van der Waals surface area contributed by atoms with Gasteiger partial charge in [-0.25, -0.2) is 17.2 Å². The molecule has 112 valence electrons. The monoisotopic (exact) mass is 375 g/mol. The first-order valence-corrected chi connectivity index (χ1v) is 8.65. The molecule has 0 aromatic heterocycles. The second-order valence-corrected chi connectivity index (χ2v) is 6.79. The fourth-order valence-electron chi connectivity index (χ4n) is 1.72. The molecular weight excluding hydrogens is 364 g/mol. The Morgan fingerprint density at radius 3 is 2.29 bits per heavy atom. The summed E-state index contributed by atoms with van der Waals surface area (Å²) >= 11 is 3.30. The number of anilines is 1. The van der Waals surface area contributed by atoms with Crippen LogP contribution < -0.4 is 4.72 Å². The molecule has 0 saturated heterocycles. The van der Waals surface area contributed by atoms with E-state index >= 15 is 0 Å². The van der Waals surface area contributed by atoms with Crippen LogP contribution in [0.2, 0.25) is 0 Å². The fraction of sp³-hybridized carbons (Fsp3) is 0.143. The third kappa shape index (κ3) is 4.01. The molecule has 3 nitrogen and oxygen atoms in total. The lowest BCUT2D eigenvalue weighted by atomic mass is 10.2. The van der Waals surface area contributed by atoms with Gasteiger partial charge in [-0.1, -0.05) is 28.1 Å². The summed E-state index contributed by atoms with van der Waals surface area (Å²) in [6, 6.07) is 8.93. The van der Waals surface area contributed by atoms with Crippen molar-refractivity contribution in [1.82, 2.24) is 0 Å². The highest BCUT2D eigenvalue weighted by molar-refractivity contribution is 9.09. The van der Waals surface area contributed by atoms with Crippen LogP contribution in [0.15, 0.2) is 47.4 Å². The zero-order chi connectivity index (χ0) is 15.5. The zero-order valence-electron chi connectivity index (χ0n) is 10.8. The van der Waals surface area contributed by atoms with E-state index in [9.17, 15) is 17.2 Å². The summed E-state index contributed by atoms with van der Waals surface area (Å²) in [7, 11) is -3.90. The molecule has 0 aliphatic rings. The minimum Gasteiger partial charge on any atom is -0.277 e. The molecule has 0 bridgehead atoms. The standard InChI is InChI=1S/C14H12BrF2NO2S/c15-8-7-10-1-4-12(5-2-10)21(19,20)18-14-6-3-11(16)9-13(14)17/h1-6,9,18H,7-8H2. The van der Waals surface area contributed by atoms with Gasteiger partial charge in [0.25, 0.3) is 10.0 Å². The van der Waals surface area contributed by atoms with Crippen LogP contribution in [0.25, 0.3) is 0 Å². The number of nitrogens with one attached hydrogen (secondary N) is 1. The molecule has 2 rings (SSSR count). The van der Waals surface area contributed by atoms with Gasteiger partial charge in [-0.15, -0.1) is 0 Å². The van der Waals surface area contributed by atoms with Crippen LogP contribution in [-0.2, 0) is 16.4 Å². The van der Waals surface area contributed by atoms with E-state index in [-0.39, 0.29) is 10.6 Å². The van der Waals surface area contributed by atoms with Gasteiger partial charge >= 0.3 is 0 Å². The molecule has 0 fully saturated rings. The van der Waals surface area contributed by atoms with Crippen LogP contribution >= 0.6 is 15.9 Å². The van der Waals surface area contributed by atoms with Crippen LogP contribution in [0.5, 0.6) is 0 Å².